The van der Waals surface area contributed by atoms with Gasteiger partial charge in [0.25, 0.3) is 0 Å². The Bertz CT molecular complexity index is 1060. The van der Waals surface area contributed by atoms with Gasteiger partial charge in [0.05, 0.1) is 17.6 Å². The average Bonchev–Trinajstić information content (AvgIpc) is 3.04. The maximum Gasteiger partial charge on any atom is 0.353 e. The Labute approximate surface area is 176 Å². The number of rotatable bonds is 6. The lowest BCUT2D eigenvalue weighted by molar-refractivity contribution is -0.688. The molecule has 8 nitrogen and oxygen atoms in total. The van der Waals surface area contributed by atoms with E-state index in [1.807, 2.05) is 28.8 Å². The summed E-state index contributed by atoms with van der Waals surface area (Å²) in [6, 6.07) is 10.7. The van der Waals surface area contributed by atoms with E-state index in [-0.39, 0.29) is 11.6 Å². The second-order valence-electron chi connectivity index (χ2n) is 7.29. The van der Waals surface area contributed by atoms with Crippen LogP contribution >= 0.6 is 11.8 Å². The number of aliphatic hydroxyl groups excluding tert-OH is 1. The summed E-state index contributed by atoms with van der Waals surface area (Å²) in [5.41, 5.74) is 7.34. The van der Waals surface area contributed by atoms with Crippen molar-refractivity contribution in [1.82, 2.24) is 4.90 Å². The van der Waals surface area contributed by atoms with Crippen molar-refractivity contribution in [3.8, 4) is 0 Å². The topological polar surface area (TPSA) is 125 Å². The van der Waals surface area contributed by atoms with E-state index in [9.17, 15) is 24.6 Å². The molecular weight excluding hydrogens is 406 g/mol. The molecule has 2 aliphatic heterocycles. The number of benzene rings is 1. The van der Waals surface area contributed by atoms with Gasteiger partial charge in [0.1, 0.15) is 11.1 Å². The monoisotopic (exact) mass is 426 g/mol. The number of carbonyl (C=O) groups excluding carboxylic acids is 2. The number of carboxylic acid groups (broad SMARTS) is 1. The number of carboxylic acids is 1. The number of carbonyl (C=O) groups is 3. The third kappa shape index (κ3) is 3.35. The van der Waals surface area contributed by atoms with Gasteiger partial charge >= 0.3 is 5.97 Å². The van der Waals surface area contributed by atoms with Crippen molar-refractivity contribution < 1.29 is 29.2 Å². The number of nitrogens with zero attached hydrogens (tertiary/aromatic N) is 2. The van der Waals surface area contributed by atoms with E-state index < -0.39 is 29.3 Å². The third-order valence-electron chi connectivity index (χ3n) is 5.26. The zero-order valence-electron chi connectivity index (χ0n) is 16.1. The highest BCUT2D eigenvalue weighted by atomic mass is 32.2. The van der Waals surface area contributed by atoms with Crippen LogP contribution in [0, 0.1) is 5.92 Å². The zero-order valence-corrected chi connectivity index (χ0v) is 16.9. The third-order valence-corrected chi connectivity index (χ3v) is 6.67. The molecule has 4 rings (SSSR count). The van der Waals surface area contributed by atoms with Gasteiger partial charge in [-0.25, -0.2) is 9.36 Å². The van der Waals surface area contributed by atoms with Gasteiger partial charge in [0.15, 0.2) is 18.9 Å². The molecule has 0 bridgehead atoms. The molecule has 2 amide bonds. The fourth-order valence-corrected chi connectivity index (χ4v) is 5.30. The number of fused-ring (bicyclic) bond motifs is 1. The number of pyridine rings is 1. The Morgan fingerprint density at radius 2 is 1.83 bits per heavy atom. The largest absolute Gasteiger partial charge is 0.477 e. The molecule has 2 aliphatic rings. The van der Waals surface area contributed by atoms with E-state index >= 15 is 0 Å². The van der Waals surface area contributed by atoms with E-state index in [1.165, 1.54) is 16.7 Å². The lowest BCUT2D eigenvalue weighted by atomic mass is 9.92. The molecule has 0 spiro atoms. The first-order chi connectivity index (χ1) is 14.3. The van der Waals surface area contributed by atoms with Gasteiger partial charge in [-0.05, 0) is 12.5 Å². The average molecular weight is 426 g/mol. The number of aliphatic hydroxyl groups is 1. The van der Waals surface area contributed by atoms with Crippen LogP contribution in [0.3, 0.4) is 0 Å². The molecule has 1 saturated heterocycles. The minimum absolute atomic E-state index is 0.0314. The van der Waals surface area contributed by atoms with Gasteiger partial charge in [-0.1, -0.05) is 36.0 Å². The molecule has 3 heterocycles. The Kier molecular flexibility index (Phi) is 5.08. The van der Waals surface area contributed by atoms with Crippen molar-refractivity contribution in [3.05, 3.63) is 71.2 Å². The summed E-state index contributed by atoms with van der Waals surface area (Å²) in [4.78, 5) is 37.1. The Morgan fingerprint density at radius 1 is 1.20 bits per heavy atom. The minimum Gasteiger partial charge on any atom is -0.477 e. The van der Waals surface area contributed by atoms with Crippen molar-refractivity contribution >= 4 is 34.5 Å². The van der Waals surface area contributed by atoms with Crippen molar-refractivity contribution in [1.29, 1.82) is 0 Å². The van der Waals surface area contributed by atoms with Crippen LogP contribution in [0.25, 0.3) is 4.91 Å². The molecule has 0 saturated carbocycles. The number of nitrogens with two attached hydrogens (primary N) is 1. The summed E-state index contributed by atoms with van der Waals surface area (Å²) in [6.07, 6.45) is 2.69. The standard InChI is InChI=1S/C21H19N3O5S/c1-11(25)15-19(27)24-16(21(28)29)17(30-20(15)24)13-4-2-12(3-5-13)10-23-8-6-14(7-9-23)18(22)26/h2-9,11,15,20,25H,10H2,1H3,(H2-,22,26,28,29)/p+1/t11-,15+,20-/m1/s1. The number of hydrogen-bond acceptors (Lipinski definition) is 5. The molecule has 9 heteroatoms. The molecule has 3 atom stereocenters. The maximum absolute atomic E-state index is 12.3. The molecule has 30 heavy (non-hydrogen) atoms. The summed E-state index contributed by atoms with van der Waals surface area (Å²) >= 11 is 1.30. The second-order valence-corrected chi connectivity index (χ2v) is 8.41. The fraction of sp³-hybridized carbons (Fsp3) is 0.238. The van der Waals surface area contributed by atoms with Crippen LogP contribution in [0.4, 0.5) is 0 Å². The molecule has 4 N–H and O–H groups in total. The van der Waals surface area contributed by atoms with Crippen LogP contribution in [0.1, 0.15) is 28.4 Å². The first-order valence-corrected chi connectivity index (χ1v) is 10.2. The maximum atomic E-state index is 12.3. The smallest absolute Gasteiger partial charge is 0.353 e. The van der Waals surface area contributed by atoms with Gasteiger partial charge < -0.3 is 15.9 Å². The van der Waals surface area contributed by atoms with E-state index in [0.717, 1.165) is 5.56 Å². The normalized spacial score (nSPS) is 21.3. The molecule has 1 aromatic heterocycles. The molecule has 1 fully saturated rings. The summed E-state index contributed by atoms with van der Waals surface area (Å²) in [7, 11) is 0. The summed E-state index contributed by atoms with van der Waals surface area (Å²) < 4.78 is 1.89. The number of amides is 2. The molecule has 1 aromatic carbocycles. The Hall–Kier alpha value is -3.17. The first kappa shape index (κ1) is 20.1. The lowest BCUT2D eigenvalue weighted by Crippen LogP contribution is -2.60. The van der Waals surface area contributed by atoms with Gasteiger partial charge in [0, 0.05) is 22.6 Å². The predicted octanol–water partition coefficient (Wildman–Crippen LogP) is 0.787. The predicted molar refractivity (Wildman–Crippen MR) is 109 cm³/mol. The van der Waals surface area contributed by atoms with Crippen molar-refractivity contribution in [2.75, 3.05) is 0 Å². The van der Waals surface area contributed by atoms with Crippen LogP contribution < -0.4 is 10.3 Å². The van der Waals surface area contributed by atoms with Crippen LogP contribution in [-0.2, 0) is 16.1 Å². The van der Waals surface area contributed by atoms with E-state index in [1.54, 1.807) is 31.5 Å². The number of thioether (sulfide) groups is 1. The minimum atomic E-state index is -1.16. The van der Waals surface area contributed by atoms with Gasteiger partial charge in [-0.2, -0.15) is 0 Å². The number of hydrogen-bond donors (Lipinski definition) is 3. The Balaban J connectivity index is 1.56. The van der Waals surface area contributed by atoms with Crippen molar-refractivity contribution in [3.63, 3.8) is 0 Å². The van der Waals surface area contributed by atoms with E-state index in [4.69, 9.17) is 5.73 Å². The molecular formula is C21H20N3O5S+. The van der Waals surface area contributed by atoms with Crippen LogP contribution in [0.15, 0.2) is 54.5 Å². The SMILES string of the molecule is C[C@@H](O)[C@H]1C(=O)N2C(C(=O)O)=C(c3ccc(C[n+]4ccc(C(N)=O)cc4)cc3)S[C@H]12. The zero-order chi connectivity index (χ0) is 21.6. The molecule has 0 radical (unpaired) electrons. The number of β-lactam (4-membered cyclic amide) rings is 1. The first-order valence-electron chi connectivity index (χ1n) is 9.31. The second kappa shape index (κ2) is 7.58. The van der Waals surface area contributed by atoms with E-state index in [2.05, 4.69) is 0 Å². The van der Waals surface area contributed by atoms with Crippen LogP contribution in [-0.4, -0.2) is 44.4 Å². The summed E-state index contributed by atoms with van der Waals surface area (Å²) in [6.45, 7) is 2.11. The highest BCUT2D eigenvalue weighted by Crippen LogP contribution is 2.53. The van der Waals surface area contributed by atoms with Crippen LogP contribution in [0.5, 0.6) is 0 Å². The molecule has 0 unspecified atom stereocenters. The lowest BCUT2D eigenvalue weighted by Gasteiger charge is -2.43. The highest BCUT2D eigenvalue weighted by molar-refractivity contribution is 8.09. The Morgan fingerprint density at radius 3 is 2.37 bits per heavy atom. The van der Waals surface area contributed by atoms with Gasteiger partial charge in [-0.3, -0.25) is 14.5 Å². The van der Waals surface area contributed by atoms with E-state index in [0.29, 0.717) is 22.6 Å². The molecule has 154 valence electrons. The van der Waals surface area contributed by atoms with Crippen LogP contribution in [0.2, 0.25) is 0 Å². The summed E-state index contributed by atoms with van der Waals surface area (Å²) in [5, 5.41) is 19.1. The fourth-order valence-electron chi connectivity index (χ4n) is 3.68. The number of aromatic nitrogens is 1. The molecule has 0 aliphatic carbocycles. The van der Waals surface area contributed by atoms with Gasteiger partial charge in [0.2, 0.25) is 11.8 Å². The van der Waals surface area contributed by atoms with Crippen molar-refractivity contribution in [2.24, 2.45) is 11.7 Å². The van der Waals surface area contributed by atoms with Crippen molar-refractivity contribution in [2.45, 2.75) is 24.9 Å². The summed E-state index contributed by atoms with van der Waals surface area (Å²) in [5.74, 6) is -2.60. The highest BCUT2D eigenvalue weighted by Gasteiger charge is 2.57. The quantitative estimate of drug-likeness (QED) is 0.463. The number of primary amides is 1. The molecule has 2 aromatic rings. The van der Waals surface area contributed by atoms with Gasteiger partial charge in [-0.15, -0.1) is 0 Å². The number of aliphatic carboxylic acids is 1.